The molecule has 70 valence electrons. The molecule has 0 saturated heterocycles. The summed E-state index contributed by atoms with van der Waals surface area (Å²) in [6, 6.07) is 9.90. The smallest absolute Gasteiger partial charge is 0.0969 e. The van der Waals surface area contributed by atoms with E-state index in [9.17, 15) is 0 Å². The maximum absolute atomic E-state index is 9.05. The van der Waals surface area contributed by atoms with Gasteiger partial charge in [0.15, 0.2) is 0 Å². The molecule has 0 fully saturated rings. The molecule has 0 radical (unpaired) electrons. The van der Waals surface area contributed by atoms with Gasteiger partial charge in [-0.1, -0.05) is 18.2 Å². The predicted molar refractivity (Wildman–Crippen MR) is 53.5 cm³/mol. The first-order valence-corrected chi connectivity index (χ1v) is 4.43. The average Bonchev–Trinajstić information content (AvgIpc) is 2.27. The van der Waals surface area contributed by atoms with Crippen molar-refractivity contribution >= 4 is 5.69 Å². The molecule has 0 aromatic heterocycles. The Kier molecular flexibility index (Phi) is 2.21. The molecule has 1 aromatic carbocycles. The van der Waals surface area contributed by atoms with Gasteiger partial charge < -0.3 is 10.4 Å². The third kappa shape index (κ3) is 1.36. The van der Waals surface area contributed by atoms with Gasteiger partial charge >= 0.3 is 0 Å². The van der Waals surface area contributed by atoms with E-state index < -0.39 is 0 Å². The van der Waals surface area contributed by atoms with Gasteiger partial charge in [0.2, 0.25) is 0 Å². The van der Waals surface area contributed by atoms with Gasteiger partial charge in [0.1, 0.15) is 0 Å². The summed E-state index contributed by atoms with van der Waals surface area (Å²) in [5, 5.41) is 21.0. The van der Waals surface area contributed by atoms with Crippen LogP contribution < -0.4 is 5.32 Å². The fraction of sp³-hybridized carbons (Fsp3) is 0.182. The van der Waals surface area contributed by atoms with Gasteiger partial charge in [-0.15, -0.1) is 0 Å². The van der Waals surface area contributed by atoms with Crippen LogP contribution in [0.1, 0.15) is 5.56 Å². The number of para-hydroxylation sites is 1. The fourth-order valence-electron chi connectivity index (χ4n) is 1.57. The quantitative estimate of drug-likeness (QED) is 0.697. The highest BCUT2D eigenvalue weighted by Gasteiger charge is 2.15. The molecule has 0 aliphatic carbocycles. The molecular weight excluding hydrogens is 176 g/mol. The summed E-state index contributed by atoms with van der Waals surface area (Å²) >= 11 is 0. The summed E-state index contributed by atoms with van der Waals surface area (Å²) in [5.41, 5.74) is 3.31. The van der Waals surface area contributed by atoms with E-state index in [1.54, 1.807) is 0 Å². The topological polar surface area (TPSA) is 56.0 Å². The Labute approximate surface area is 82.3 Å². The lowest BCUT2D eigenvalue weighted by atomic mass is 9.98. The molecule has 2 rings (SSSR count). The minimum atomic E-state index is -0.114. The number of nitriles is 1. The maximum Gasteiger partial charge on any atom is 0.0969 e. The van der Waals surface area contributed by atoms with E-state index in [1.165, 1.54) is 0 Å². The van der Waals surface area contributed by atoms with Crippen LogP contribution in [0, 0.1) is 11.3 Å². The van der Waals surface area contributed by atoms with Crippen molar-refractivity contribution in [3.8, 4) is 6.07 Å². The van der Waals surface area contributed by atoms with E-state index >= 15 is 0 Å². The minimum absolute atomic E-state index is 0.114. The van der Waals surface area contributed by atoms with Gasteiger partial charge in [-0.05, 0) is 11.6 Å². The number of anilines is 1. The molecule has 0 amide bonds. The zero-order chi connectivity index (χ0) is 9.97. The number of benzene rings is 1. The van der Waals surface area contributed by atoms with Crippen LogP contribution in [0.3, 0.4) is 0 Å². The molecule has 3 heteroatoms. The molecule has 1 aliphatic heterocycles. The minimum Gasteiger partial charge on any atom is -0.390 e. The normalized spacial score (nSPS) is 14.3. The third-order valence-corrected chi connectivity index (χ3v) is 2.33. The van der Waals surface area contributed by atoms with Crippen molar-refractivity contribution in [3.05, 3.63) is 41.1 Å². The van der Waals surface area contributed by atoms with Crippen LogP contribution in [-0.2, 0) is 6.42 Å². The Balaban J connectivity index is 2.41. The van der Waals surface area contributed by atoms with Gasteiger partial charge in [-0.25, -0.2) is 0 Å². The SMILES string of the molecule is N#CC1=C(CO)Nc2ccccc2C1. The molecule has 1 aromatic rings. The van der Waals surface area contributed by atoms with Gasteiger partial charge in [0, 0.05) is 12.1 Å². The third-order valence-electron chi connectivity index (χ3n) is 2.33. The molecule has 0 bridgehead atoms. The summed E-state index contributed by atoms with van der Waals surface area (Å²) in [7, 11) is 0. The Hall–Kier alpha value is -1.79. The largest absolute Gasteiger partial charge is 0.390 e. The Morgan fingerprint density at radius 3 is 2.93 bits per heavy atom. The van der Waals surface area contributed by atoms with Crippen LogP contribution >= 0.6 is 0 Å². The summed E-state index contributed by atoms with van der Waals surface area (Å²) in [4.78, 5) is 0. The van der Waals surface area contributed by atoms with Crippen molar-refractivity contribution in [2.24, 2.45) is 0 Å². The zero-order valence-electron chi connectivity index (χ0n) is 7.62. The first-order chi connectivity index (χ1) is 6.85. The predicted octanol–water partition coefficient (Wildman–Crippen LogP) is 1.42. The number of aliphatic hydroxyl groups is 1. The highest BCUT2D eigenvalue weighted by Crippen LogP contribution is 2.26. The summed E-state index contributed by atoms with van der Waals surface area (Å²) in [5.74, 6) is 0. The number of nitrogens with zero attached hydrogens (tertiary/aromatic N) is 1. The zero-order valence-corrected chi connectivity index (χ0v) is 7.62. The molecule has 3 nitrogen and oxygen atoms in total. The van der Waals surface area contributed by atoms with Crippen molar-refractivity contribution < 1.29 is 5.11 Å². The second-order valence-electron chi connectivity index (χ2n) is 3.19. The van der Waals surface area contributed by atoms with E-state index in [2.05, 4.69) is 11.4 Å². The summed E-state index contributed by atoms with van der Waals surface area (Å²) in [6.07, 6.45) is 0.607. The standard InChI is InChI=1S/C11H10N2O/c12-6-9-5-8-3-1-2-4-10(8)13-11(9)7-14/h1-4,13-14H,5,7H2. The van der Waals surface area contributed by atoms with Crippen molar-refractivity contribution in [2.75, 3.05) is 11.9 Å². The second kappa shape index (κ2) is 3.52. The molecule has 1 heterocycles. The number of fused-ring (bicyclic) bond motifs is 1. The number of nitrogens with one attached hydrogen (secondary N) is 1. The lowest BCUT2D eigenvalue weighted by Gasteiger charge is -2.20. The van der Waals surface area contributed by atoms with Crippen LogP contribution in [0.15, 0.2) is 35.5 Å². The average molecular weight is 186 g/mol. The molecule has 14 heavy (non-hydrogen) atoms. The molecule has 0 saturated carbocycles. The highest BCUT2D eigenvalue weighted by atomic mass is 16.3. The number of allylic oxidation sites excluding steroid dienone is 1. The monoisotopic (exact) mass is 186 g/mol. The van der Waals surface area contributed by atoms with Gasteiger partial charge in [0.05, 0.1) is 23.9 Å². The van der Waals surface area contributed by atoms with E-state index in [-0.39, 0.29) is 6.61 Å². The van der Waals surface area contributed by atoms with Gasteiger partial charge in [-0.3, -0.25) is 0 Å². The Morgan fingerprint density at radius 2 is 2.21 bits per heavy atom. The number of rotatable bonds is 1. The maximum atomic E-state index is 9.05. The van der Waals surface area contributed by atoms with Crippen molar-refractivity contribution in [2.45, 2.75) is 6.42 Å². The highest BCUT2D eigenvalue weighted by molar-refractivity contribution is 5.62. The number of hydrogen-bond donors (Lipinski definition) is 2. The van der Waals surface area contributed by atoms with E-state index in [4.69, 9.17) is 10.4 Å². The van der Waals surface area contributed by atoms with Crippen molar-refractivity contribution in [1.29, 1.82) is 5.26 Å². The lowest BCUT2D eigenvalue weighted by Crippen LogP contribution is -2.14. The van der Waals surface area contributed by atoms with Gasteiger partial charge in [-0.2, -0.15) is 5.26 Å². The van der Waals surface area contributed by atoms with Crippen LogP contribution in [0.25, 0.3) is 0 Å². The van der Waals surface area contributed by atoms with E-state index in [0.29, 0.717) is 17.7 Å². The van der Waals surface area contributed by atoms with Crippen LogP contribution in [0.5, 0.6) is 0 Å². The Morgan fingerprint density at radius 1 is 1.43 bits per heavy atom. The fourth-order valence-corrected chi connectivity index (χ4v) is 1.57. The first-order valence-electron chi connectivity index (χ1n) is 4.43. The van der Waals surface area contributed by atoms with E-state index in [0.717, 1.165) is 11.3 Å². The van der Waals surface area contributed by atoms with Crippen LogP contribution in [0.4, 0.5) is 5.69 Å². The van der Waals surface area contributed by atoms with Crippen LogP contribution in [-0.4, -0.2) is 11.7 Å². The second-order valence-corrected chi connectivity index (χ2v) is 3.19. The molecule has 1 aliphatic rings. The van der Waals surface area contributed by atoms with Crippen molar-refractivity contribution in [3.63, 3.8) is 0 Å². The number of hydrogen-bond acceptors (Lipinski definition) is 3. The molecule has 0 unspecified atom stereocenters. The van der Waals surface area contributed by atoms with Crippen molar-refractivity contribution in [1.82, 2.24) is 0 Å². The Bertz CT molecular complexity index is 429. The number of aliphatic hydroxyl groups excluding tert-OH is 1. The molecule has 0 spiro atoms. The first kappa shape index (κ1) is 8.79. The van der Waals surface area contributed by atoms with Gasteiger partial charge in [0.25, 0.3) is 0 Å². The summed E-state index contributed by atoms with van der Waals surface area (Å²) in [6.45, 7) is -0.114. The molecular formula is C11H10N2O. The lowest BCUT2D eigenvalue weighted by molar-refractivity contribution is 0.331. The molecule has 2 N–H and O–H groups in total. The van der Waals surface area contributed by atoms with E-state index in [1.807, 2.05) is 24.3 Å². The van der Waals surface area contributed by atoms with Crippen LogP contribution in [0.2, 0.25) is 0 Å². The summed E-state index contributed by atoms with van der Waals surface area (Å²) < 4.78 is 0. The molecule has 0 atom stereocenters.